The Hall–Kier alpha value is -0.630. The molecule has 0 radical (unpaired) electrons. The zero-order chi connectivity index (χ0) is 11.1. The van der Waals surface area contributed by atoms with Crippen LogP contribution >= 0.6 is 12.4 Å². The van der Waals surface area contributed by atoms with Crippen molar-refractivity contribution in [1.82, 2.24) is 19.6 Å². The fraction of sp³-hybridized carbons (Fsp3) is 0.625. The van der Waals surface area contributed by atoms with Gasteiger partial charge in [0, 0.05) is 32.4 Å². The summed E-state index contributed by atoms with van der Waals surface area (Å²) in [6.07, 6.45) is 1.52. The van der Waals surface area contributed by atoms with Crippen LogP contribution in [-0.4, -0.2) is 37.1 Å². The molecule has 2 N–H and O–H groups in total. The van der Waals surface area contributed by atoms with E-state index in [9.17, 15) is 8.42 Å². The minimum absolute atomic E-state index is 0. The molecule has 0 bridgehead atoms. The van der Waals surface area contributed by atoms with Crippen LogP contribution in [-0.2, 0) is 17.1 Å². The molecule has 2 heterocycles. The molecule has 0 spiro atoms. The Morgan fingerprint density at radius 1 is 1.56 bits per heavy atom. The number of aryl methyl sites for hydroxylation is 2. The van der Waals surface area contributed by atoms with Crippen LogP contribution in [0.2, 0.25) is 0 Å². The molecule has 16 heavy (non-hydrogen) atoms. The van der Waals surface area contributed by atoms with E-state index < -0.39 is 10.0 Å². The summed E-state index contributed by atoms with van der Waals surface area (Å²) in [5.74, 6) is 0.683. The standard InChI is InChI=1S/C8H14N4O2S.ClH/c1-6-10-8(5-12(6)2)15(13,14)11-7-3-9-4-7;/h5,7,9,11H,3-4H2,1-2H3;1H. The van der Waals surface area contributed by atoms with Gasteiger partial charge in [-0.1, -0.05) is 0 Å². The molecular weight excluding hydrogens is 252 g/mol. The van der Waals surface area contributed by atoms with Gasteiger partial charge in [0.1, 0.15) is 5.82 Å². The molecule has 8 heteroatoms. The van der Waals surface area contributed by atoms with Gasteiger partial charge in [-0.25, -0.2) is 18.1 Å². The molecule has 0 unspecified atom stereocenters. The molecule has 1 aromatic rings. The number of hydrogen-bond donors (Lipinski definition) is 2. The van der Waals surface area contributed by atoms with Crippen LogP contribution in [0.25, 0.3) is 0 Å². The van der Waals surface area contributed by atoms with Crippen LogP contribution in [0.4, 0.5) is 0 Å². The third-order valence-corrected chi connectivity index (χ3v) is 3.86. The summed E-state index contributed by atoms with van der Waals surface area (Å²) < 4.78 is 27.8. The summed E-state index contributed by atoms with van der Waals surface area (Å²) in [5.41, 5.74) is 0. The lowest BCUT2D eigenvalue weighted by Gasteiger charge is -2.27. The summed E-state index contributed by atoms with van der Waals surface area (Å²) in [4.78, 5) is 3.99. The van der Waals surface area contributed by atoms with Crippen LogP contribution in [0.1, 0.15) is 5.82 Å². The van der Waals surface area contributed by atoms with Gasteiger partial charge in [0.2, 0.25) is 0 Å². The van der Waals surface area contributed by atoms with Crippen LogP contribution in [0, 0.1) is 6.92 Å². The first kappa shape index (κ1) is 13.4. The number of imidazole rings is 1. The van der Waals surface area contributed by atoms with Gasteiger partial charge in [-0.05, 0) is 6.92 Å². The van der Waals surface area contributed by atoms with Crippen molar-refractivity contribution in [2.45, 2.75) is 18.0 Å². The number of nitrogens with one attached hydrogen (secondary N) is 2. The molecule has 0 aromatic carbocycles. The minimum atomic E-state index is -3.44. The van der Waals surface area contributed by atoms with Gasteiger partial charge in [-0.15, -0.1) is 12.4 Å². The summed E-state index contributed by atoms with van der Waals surface area (Å²) in [7, 11) is -1.67. The maximum absolute atomic E-state index is 11.8. The van der Waals surface area contributed by atoms with E-state index in [1.165, 1.54) is 6.20 Å². The molecular formula is C8H15ClN4O2S. The zero-order valence-corrected chi connectivity index (χ0v) is 10.7. The number of sulfonamides is 1. The maximum atomic E-state index is 11.8. The first-order chi connectivity index (χ1) is 6.99. The third kappa shape index (κ3) is 2.54. The fourth-order valence-electron chi connectivity index (χ4n) is 1.31. The van der Waals surface area contributed by atoms with Gasteiger partial charge in [0.25, 0.3) is 10.0 Å². The van der Waals surface area contributed by atoms with E-state index in [4.69, 9.17) is 0 Å². The van der Waals surface area contributed by atoms with Crippen molar-refractivity contribution in [2.24, 2.45) is 7.05 Å². The molecule has 0 aliphatic carbocycles. The highest BCUT2D eigenvalue weighted by molar-refractivity contribution is 7.89. The largest absolute Gasteiger partial charge is 0.337 e. The monoisotopic (exact) mass is 266 g/mol. The Kier molecular flexibility index (Phi) is 3.95. The summed E-state index contributed by atoms with van der Waals surface area (Å²) in [5, 5.41) is 3.09. The van der Waals surface area contributed by atoms with Crippen molar-refractivity contribution in [3.63, 3.8) is 0 Å². The Morgan fingerprint density at radius 2 is 2.19 bits per heavy atom. The van der Waals surface area contributed by atoms with Crippen molar-refractivity contribution >= 4 is 22.4 Å². The quantitative estimate of drug-likeness (QED) is 0.766. The predicted octanol–water partition coefficient (Wildman–Crippen LogP) is -0.600. The Bertz CT molecular complexity index is 447. The second-order valence-corrected chi connectivity index (χ2v) is 5.37. The van der Waals surface area contributed by atoms with Gasteiger partial charge in [0.15, 0.2) is 5.03 Å². The zero-order valence-electron chi connectivity index (χ0n) is 9.10. The van der Waals surface area contributed by atoms with E-state index in [1.807, 2.05) is 0 Å². The molecule has 1 aliphatic heterocycles. The number of aromatic nitrogens is 2. The fourth-order valence-corrected chi connectivity index (χ4v) is 2.58. The van der Waals surface area contributed by atoms with E-state index in [0.29, 0.717) is 18.9 Å². The average Bonchev–Trinajstić information content (AvgIpc) is 2.41. The Labute approximate surface area is 101 Å². The highest BCUT2D eigenvalue weighted by Gasteiger charge is 2.26. The van der Waals surface area contributed by atoms with Crippen molar-refractivity contribution in [3.8, 4) is 0 Å². The maximum Gasteiger partial charge on any atom is 0.259 e. The van der Waals surface area contributed by atoms with Crippen LogP contribution in [0.15, 0.2) is 11.2 Å². The van der Waals surface area contributed by atoms with E-state index >= 15 is 0 Å². The molecule has 0 saturated carbocycles. The van der Waals surface area contributed by atoms with Gasteiger partial charge < -0.3 is 9.88 Å². The normalized spacial score (nSPS) is 16.6. The smallest absolute Gasteiger partial charge is 0.259 e. The summed E-state index contributed by atoms with van der Waals surface area (Å²) in [6, 6.07) is -0.00249. The molecule has 1 aromatic heterocycles. The molecule has 1 aliphatic rings. The molecule has 1 fully saturated rings. The van der Waals surface area contributed by atoms with Crippen LogP contribution in [0.5, 0.6) is 0 Å². The molecule has 6 nitrogen and oxygen atoms in total. The summed E-state index contributed by atoms with van der Waals surface area (Å²) >= 11 is 0. The van der Waals surface area contributed by atoms with Crippen LogP contribution < -0.4 is 10.0 Å². The van der Waals surface area contributed by atoms with Gasteiger partial charge >= 0.3 is 0 Å². The highest BCUT2D eigenvalue weighted by Crippen LogP contribution is 2.08. The average molecular weight is 267 g/mol. The van der Waals surface area contributed by atoms with Crippen LogP contribution in [0.3, 0.4) is 0 Å². The van der Waals surface area contributed by atoms with E-state index in [0.717, 1.165) is 0 Å². The molecule has 0 atom stereocenters. The van der Waals surface area contributed by atoms with Gasteiger partial charge in [-0.3, -0.25) is 0 Å². The van der Waals surface area contributed by atoms with E-state index in [1.54, 1.807) is 18.5 Å². The third-order valence-electron chi connectivity index (χ3n) is 2.47. The SMILES string of the molecule is Cc1nc(S(=O)(=O)NC2CNC2)cn1C.Cl. The molecule has 92 valence electrons. The van der Waals surface area contributed by atoms with Crippen molar-refractivity contribution in [3.05, 3.63) is 12.0 Å². The van der Waals surface area contributed by atoms with E-state index in [2.05, 4.69) is 15.0 Å². The lowest BCUT2D eigenvalue weighted by Crippen LogP contribution is -2.56. The second-order valence-electron chi connectivity index (χ2n) is 3.71. The summed E-state index contributed by atoms with van der Waals surface area (Å²) in [6.45, 7) is 3.14. The second kappa shape index (κ2) is 4.70. The van der Waals surface area contributed by atoms with Gasteiger partial charge in [-0.2, -0.15) is 0 Å². The minimum Gasteiger partial charge on any atom is -0.337 e. The first-order valence-electron chi connectivity index (χ1n) is 4.72. The van der Waals surface area contributed by atoms with E-state index in [-0.39, 0.29) is 23.5 Å². The number of nitrogens with zero attached hydrogens (tertiary/aromatic N) is 2. The Balaban J connectivity index is 0.00000128. The first-order valence-corrected chi connectivity index (χ1v) is 6.20. The highest BCUT2D eigenvalue weighted by atomic mass is 35.5. The molecule has 2 rings (SSSR count). The van der Waals surface area contributed by atoms with Crippen molar-refractivity contribution < 1.29 is 8.42 Å². The Morgan fingerprint density at radius 3 is 2.56 bits per heavy atom. The molecule has 0 amide bonds. The number of halogens is 1. The number of hydrogen-bond acceptors (Lipinski definition) is 4. The van der Waals surface area contributed by atoms with Gasteiger partial charge in [0.05, 0.1) is 0 Å². The topological polar surface area (TPSA) is 76.0 Å². The van der Waals surface area contributed by atoms with Crippen molar-refractivity contribution in [1.29, 1.82) is 0 Å². The number of rotatable bonds is 3. The predicted molar refractivity (Wildman–Crippen MR) is 62.2 cm³/mol. The molecule has 1 saturated heterocycles. The van der Waals surface area contributed by atoms with Crippen molar-refractivity contribution in [2.75, 3.05) is 13.1 Å². The lowest BCUT2D eigenvalue weighted by atomic mass is 10.2. The lowest BCUT2D eigenvalue weighted by molar-refractivity contribution is 0.410.